The molecule has 3 fully saturated rings. The first kappa shape index (κ1) is 20.5. The summed E-state index contributed by atoms with van der Waals surface area (Å²) >= 11 is 0. The molecule has 0 bridgehead atoms. The lowest BCUT2D eigenvalue weighted by Gasteiger charge is -2.29. The number of amides is 1. The van der Waals surface area contributed by atoms with Gasteiger partial charge in [0, 0.05) is 62.4 Å². The lowest BCUT2D eigenvalue weighted by Crippen LogP contribution is -2.43. The third kappa shape index (κ3) is 4.04. The van der Waals surface area contributed by atoms with Crippen LogP contribution in [0.3, 0.4) is 0 Å². The van der Waals surface area contributed by atoms with Crippen molar-refractivity contribution in [1.29, 1.82) is 0 Å². The molecule has 1 amide bonds. The third-order valence-corrected chi connectivity index (χ3v) is 7.13. The van der Waals surface area contributed by atoms with E-state index >= 15 is 0 Å². The van der Waals surface area contributed by atoms with Crippen molar-refractivity contribution in [3.8, 4) is 17.0 Å². The summed E-state index contributed by atoms with van der Waals surface area (Å²) in [6.45, 7) is 6.73. The van der Waals surface area contributed by atoms with Gasteiger partial charge < -0.3 is 20.3 Å². The highest BCUT2D eigenvalue weighted by Gasteiger charge is 2.31. The molecule has 5 heterocycles. The average molecular weight is 447 g/mol. The highest BCUT2D eigenvalue weighted by molar-refractivity contribution is 5.78. The van der Waals surface area contributed by atoms with E-state index in [0.29, 0.717) is 18.9 Å². The SMILES string of the molecule is C[C@@H](Oc1cc(-c2ccc(N3CCNCC3)cn2)cn2ncc(C3CC3)c12)[C@H]1CNC(=O)C1. The highest BCUT2D eigenvalue weighted by atomic mass is 16.5. The van der Waals surface area contributed by atoms with Crippen molar-refractivity contribution in [1.82, 2.24) is 25.2 Å². The lowest BCUT2D eigenvalue weighted by atomic mass is 10.0. The van der Waals surface area contributed by atoms with Crippen LogP contribution in [0.1, 0.15) is 37.7 Å². The van der Waals surface area contributed by atoms with E-state index < -0.39 is 0 Å². The number of anilines is 1. The molecule has 2 N–H and O–H groups in total. The topological polar surface area (TPSA) is 83.8 Å². The number of aromatic nitrogens is 3. The molecule has 1 saturated carbocycles. The van der Waals surface area contributed by atoms with Crippen molar-refractivity contribution in [2.24, 2.45) is 5.92 Å². The maximum Gasteiger partial charge on any atom is 0.220 e. The fraction of sp³-hybridized carbons (Fsp3) is 0.480. The van der Waals surface area contributed by atoms with Crippen molar-refractivity contribution in [3.63, 3.8) is 0 Å². The van der Waals surface area contributed by atoms with Crippen molar-refractivity contribution >= 4 is 17.1 Å². The minimum absolute atomic E-state index is 0.0759. The van der Waals surface area contributed by atoms with E-state index in [-0.39, 0.29) is 17.9 Å². The first-order valence-corrected chi connectivity index (χ1v) is 12.0. The molecule has 2 saturated heterocycles. The number of hydrogen-bond donors (Lipinski definition) is 2. The minimum atomic E-state index is -0.0759. The van der Waals surface area contributed by atoms with Crippen LogP contribution in [0.2, 0.25) is 0 Å². The summed E-state index contributed by atoms with van der Waals surface area (Å²) in [4.78, 5) is 18.9. The van der Waals surface area contributed by atoms with E-state index in [1.54, 1.807) is 0 Å². The molecule has 0 unspecified atom stereocenters. The molecule has 0 spiro atoms. The summed E-state index contributed by atoms with van der Waals surface area (Å²) in [5.74, 6) is 1.67. The fourth-order valence-electron chi connectivity index (χ4n) is 4.95. The van der Waals surface area contributed by atoms with Gasteiger partial charge in [0.15, 0.2) is 0 Å². The predicted molar refractivity (Wildman–Crippen MR) is 127 cm³/mol. The second-order valence-electron chi connectivity index (χ2n) is 9.49. The second-order valence-corrected chi connectivity index (χ2v) is 9.49. The van der Waals surface area contributed by atoms with Gasteiger partial charge in [-0.25, -0.2) is 4.52 Å². The van der Waals surface area contributed by atoms with Gasteiger partial charge in [0.05, 0.1) is 23.8 Å². The number of carbonyl (C=O) groups excluding carboxylic acids is 1. The quantitative estimate of drug-likeness (QED) is 0.606. The van der Waals surface area contributed by atoms with E-state index in [1.807, 2.05) is 23.1 Å². The van der Waals surface area contributed by atoms with Gasteiger partial charge in [-0.3, -0.25) is 9.78 Å². The molecule has 2 aliphatic heterocycles. The lowest BCUT2D eigenvalue weighted by molar-refractivity contribution is -0.119. The minimum Gasteiger partial charge on any atom is -0.488 e. The zero-order chi connectivity index (χ0) is 22.4. The maximum absolute atomic E-state index is 11.7. The van der Waals surface area contributed by atoms with Crippen molar-refractivity contribution in [2.75, 3.05) is 37.6 Å². The number of fused-ring (bicyclic) bond motifs is 1. The number of nitrogens with one attached hydrogen (secondary N) is 2. The molecule has 6 rings (SSSR count). The fourth-order valence-corrected chi connectivity index (χ4v) is 4.95. The van der Waals surface area contributed by atoms with Crippen LogP contribution in [0.5, 0.6) is 5.75 Å². The van der Waals surface area contributed by atoms with E-state index in [9.17, 15) is 4.79 Å². The van der Waals surface area contributed by atoms with Crippen molar-refractivity contribution < 1.29 is 9.53 Å². The van der Waals surface area contributed by atoms with E-state index in [4.69, 9.17) is 9.72 Å². The summed E-state index contributed by atoms with van der Waals surface area (Å²) in [6, 6.07) is 6.32. The van der Waals surface area contributed by atoms with Gasteiger partial charge in [0.25, 0.3) is 0 Å². The molecule has 8 nitrogen and oxygen atoms in total. The van der Waals surface area contributed by atoms with Crippen molar-refractivity contribution in [3.05, 3.63) is 42.4 Å². The van der Waals surface area contributed by atoms with E-state index in [1.165, 1.54) is 18.4 Å². The van der Waals surface area contributed by atoms with Crippen LogP contribution in [-0.2, 0) is 4.79 Å². The Hall–Kier alpha value is -3.13. The first-order chi connectivity index (χ1) is 16.2. The molecule has 3 aliphatic rings. The summed E-state index contributed by atoms with van der Waals surface area (Å²) < 4.78 is 8.46. The van der Waals surface area contributed by atoms with Crippen LogP contribution in [0.25, 0.3) is 16.8 Å². The normalized spacial score (nSPS) is 21.9. The highest BCUT2D eigenvalue weighted by Crippen LogP contribution is 2.44. The number of ether oxygens (including phenoxy) is 1. The van der Waals surface area contributed by atoms with Crippen LogP contribution < -0.4 is 20.3 Å². The molecule has 8 heteroatoms. The molecule has 172 valence electrons. The Morgan fingerprint density at radius 2 is 2.03 bits per heavy atom. The van der Waals surface area contributed by atoms with Gasteiger partial charge in [-0.05, 0) is 43.9 Å². The summed E-state index contributed by atoms with van der Waals surface area (Å²) in [6.07, 6.45) is 8.83. The number of piperazine rings is 1. The summed E-state index contributed by atoms with van der Waals surface area (Å²) in [5, 5.41) is 11.0. The molecule has 0 aromatic carbocycles. The number of pyridine rings is 2. The predicted octanol–water partition coefficient (Wildman–Crippen LogP) is 2.59. The smallest absolute Gasteiger partial charge is 0.220 e. The zero-order valence-electron chi connectivity index (χ0n) is 19.0. The van der Waals surface area contributed by atoms with Crippen LogP contribution in [-0.4, -0.2) is 59.3 Å². The standard InChI is InChI=1S/C25H30N6O2/c1-16(18-11-24(32)28-12-18)33-23-10-19(15-31-25(23)21(14-29-31)17-2-3-17)22-5-4-20(13-27-22)30-8-6-26-7-9-30/h4-5,10,13-18,26H,2-3,6-9,11-12H2,1H3,(H,28,32)/t16-,18-/m1/s1. The number of hydrogen-bond acceptors (Lipinski definition) is 6. The van der Waals surface area contributed by atoms with E-state index in [0.717, 1.165) is 54.4 Å². The molecular weight excluding hydrogens is 416 g/mol. The van der Waals surface area contributed by atoms with Crippen LogP contribution >= 0.6 is 0 Å². The number of nitrogens with zero attached hydrogens (tertiary/aromatic N) is 4. The first-order valence-electron chi connectivity index (χ1n) is 12.0. The van der Waals surface area contributed by atoms with Gasteiger partial charge in [-0.1, -0.05) is 0 Å². The molecule has 1 aliphatic carbocycles. The summed E-state index contributed by atoms with van der Waals surface area (Å²) in [5.41, 5.74) is 5.33. The maximum atomic E-state index is 11.7. The monoisotopic (exact) mass is 446 g/mol. The van der Waals surface area contributed by atoms with Crippen LogP contribution in [0, 0.1) is 5.92 Å². The van der Waals surface area contributed by atoms with Crippen molar-refractivity contribution in [2.45, 2.75) is 38.2 Å². The van der Waals surface area contributed by atoms with Crippen LogP contribution in [0.4, 0.5) is 5.69 Å². The Morgan fingerprint density at radius 1 is 1.18 bits per heavy atom. The number of carbonyl (C=O) groups is 1. The Bertz CT molecular complexity index is 1160. The second kappa shape index (κ2) is 8.33. The molecular formula is C25H30N6O2. The Labute approximate surface area is 193 Å². The average Bonchev–Trinajstić information content (AvgIpc) is 3.45. The van der Waals surface area contributed by atoms with Gasteiger partial charge >= 0.3 is 0 Å². The zero-order valence-corrected chi connectivity index (χ0v) is 19.0. The molecule has 33 heavy (non-hydrogen) atoms. The Morgan fingerprint density at radius 3 is 2.73 bits per heavy atom. The van der Waals surface area contributed by atoms with Gasteiger partial charge in [0.1, 0.15) is 17.4 Å². The Kier molecular flexibility index (Phi) is 5.17. The molecule has 3 aromatic rings. The van der Waals surface area contributed by atoms with Gasteiger partial charge in [0.2, 0.25) is 5.91 Å². The summed E-state index contributed by atoms with van der Waals surface area (Å²) in [7, 11) is 0. The Balaban J connectivity index is 1.33. The molecule has 3 aromatic heterocycles. The van der Waals surface area contributed by atoms with Gasteiger partial charge in [-0.2, -0.15) is 5.10 Å². The van der Waals surface area contributed by atoms with Gasteiger partial charge in [-0.15, -0.1) is 0 Å². The largest absolute Gasteiger partial charge is 0.488 e. The van der Waals surface area contributed by atoms with E-state index in [2.05, 4.69) is 45.8 Å². The van der Waals surface area contributed by atoms with Crippen LogP contribution in [0.15, 0.2) is 36.8 Å². The third-order valence-electron chi connectivity index (χ3n) is 7.13. The number of rotatable bonds is 6. The molecule has 0 radical (unpaired) electrons. The molecule has 2 atom stereocenters.